The summed E-state index contributed by atoms with van der Waals surface area (Å²) in [5, 5.41) is 9.13. The molecule has 3 amide bonds. The molecule has 0 radical (unpaired) electrons. The fourth-order valence-electron chi connectivity index (χ4n) is 4.56. The van der Waals surface area contributed by atoms with Crippen LogP contribution in [0.3, 0.4) is 0 Å². The Kier molecular flexibility index (Phi) is 11.4. The molecule has 0 bridgehead atoms. The fourth-order valence-corrected chi connectivity index (χ4v) is 6.32. The van der Waals surface area contributed by atoms with Crippen molar-refractivity contribution in [3.05, 3.63) is 164 Å². The molecule has 47 heavy (non-hydrogen) atoms. The Balaban J connectivity index is 1.41. The largest absolute Gasteiger partial charge is 0.325 e. The maximum absolute atomic E-state index is 13.7. The van der Waals surface area contributed by atoms with Gasteiger partial charge in [-0.2, -0.15) is 0 Å². The predicted molar refractivity (Wildman–Crippen MR) is 193 cm³/mol. The lowest BCUT2D eigenvalue weighted by Gasteiger charge is -2.19. The van der Waals surface area contributed by atoms with Crippen LogP contribution in [0.5, 0.6) is 0 Å². The van der Waals surface area contributed by atoms with Crippen LogP contribution in [0.1, 0.15) is 32.3 Å². The summed E-state index contributed by atoms with van der Waals surface area (Å²) < 4.78 is 0. The van der Waals surface area contributed by atoms with E-state index in [2.05, 4.69) is 16.0 Å². The second-order valence-electron chi connectivity index (χ2n) is 10.3. The van der Waals surface area contributed by atoms with Crippen molar-refractivity contribution in [2.75, 3.05) is 10.6 Å². The maximum atomic E-state index is 13.7. The molecule has 0 saturated heterocycles. The lowest BCUT2D eigenvalue weighted by molar-refractivity contribution is -0.116. The number of carbonyl (C=O) groups is 3. The molecular weight excluding hydrogens is 673 g/mol. The predicted octanol–water partition coefficient (Wildman–Crippen LogP) is 9.84. The molecule has 0 saturated carbocycles. The number of hydrogen-bond donors (Lipinski definition) is 3. The molecule has 0 heterocycles. The SMILES string of the molecule is Cc1c(Cl)cccc1NC(=O)C(Sc1cccc(NC(=O)/C(=C\c2c(Cl)cccc2Cl)NC(=O)c2ccccc2)c1)c1ccccc1. The standard InChI is InChI=1S/C37H28Cl3N3O3S/c1-23-29(38)17-10-20-32(23)42-37(46)34(24-11-4-2-5-12-24)47-27-16-8-15-26(21-27)41-36(45)33(22-28-30(39)18-9-19-31(28)40)43-35(44)25-13-6-3-7-14-25/h2-22,34H,1H3,(H,41,45)(H,42,46)(H,43,44)/b33-22+. The summed E-state index contributed by atoms with van der Waals surface area (Å²) in [4.78, 5) is 41.1. The second-order valence-corrected chi connectivity index (χ2v) is 12.7. The molecule has 1 atom stereocenters. The van der Waals surface area contributed by atoms with Crippen LogP contribution in [0.4, 0.5) is 11.4 Å². The minimum Gasteiger partial charge on any atom is -0.325 e. The second kappa shape index (κ2) is 15.8. The van der Waals surface area contributed by atoms with E-state index >= 15 is 0 Å². The van der Waals surface area contributed by atoms with Crippen LogP contribution in [-0.2, 0) is 9.59 Å². The summed E-state index contributed by atoms with van der Waals surface area (Å²) in [7, 11) is 0. The van der Waals surface area contributed by atoms with Crippen LogP contribution in [0.15, 0.2) is 132 Å². The van der Waals surface area contributed by atoms with Gasteiger partial charge in [-0.25, -0.2) is 0 Å². The molecule has 0 fully saturated rings. The Morgan fingerprint density at radius 2 is 1.32 bits per heavy atom. The van der Waals surface area contributed by atoms with Crippen LogP contribution in [0, 0.1) is 6.92 Å². The van der Waals surface area contributed by atoms with E-state index in [9.17, 15) is 14.4 Å². The molecule has 5 aromatic rings. The quantitative estimate of drug-likeness (QED) is 0.100. The molecule has 10 heteroatoms. The van der Waals surface area contributed by atoms with Crippen LogP contribution < -0.4 is 16.0 Å². The highest BCUT2D eigenvalue weighted by Crippen LogP contribution is 2.38. The first-order valence-corrected chi connectivity index (χ1v) is 16.4. The Bertz CT molecular complexity index is 1930. The summed E-state index contributed by atoms with van der Waals surface area (Å²) >= 11 is 20.4. The van der Waals surface area contributed by atoms with Crippen LogP contribution in [0.2, 0.25) is 15.1 Å². The summed E-state index contributed by atoms with van der Waals surface area (Å²) in [6, 6.07) is 35.4. The van der Waals surface area contributed by atoms with E-state index in [-0.39, 0.29) is 11.6 Å². The van der Waals surface area contributed by atoms with E-state index < -0.39 is 17.1 Å². The minimum absolute atomic E-state index is 0.0645. The van der Waals surface area contributed by atoms with E-state index in [0.717, 1.165) is 16.0 Å². The summed E-state index contributed by atoms with van der Waals surface area (Å²) in [5.74, 6) is -1.31. The topological polar surface area (TPSA) is 87.3 Å². The van der Waals surface area contributed by atoms with Gasteiger partial charge in [0.25, 0.3) is 11.8 Å². The number of thioether (sulfide) groups is 1. The van der Waals surface area contributed by atoms with E-state index in [1.165, 1.54) is 17.8 Å². The molecule has 5 rings (SSSR count). The van der Waals surface area contributed by atoms with Gasteiger partial charge in [0.05, 0.1) is 0 Å². The number of nitrogens with one attached hydrogen (secondary N) is 3. The number of carbonyl (C=O) groups excluding carboxylic acids is 3. The normalized spacial score (nSPS) is 11.8. The van der Waals surface area contributed by atoms with Gasteiger partial charge >= 0.3 is 0 Å². The Morgan fingerprint density at radius 3 is 2.02 bits per heavy atom. The maximum Gasteiger partial charge on any atom is 0.272 e. The number of benzene rings is 5. The molecule has 1 unspecified atom stereocenters. The van der Waals surface area contributed by atoms with E-state index in [1.807, 2.05) is 43.3 Å². The van der Waals surface area contributed by atoms with Crippen LogP contribution in [-0.4, -0.2) is 17.7 Å². The third-order valence-corrected chi connectivity index (χ3v) is 9.35. The molecule has 236 valence electrons. The van der Waals surface area contributed by atoms with Gasteiger partial charge in [-0.3, -0.25) is 14.4 Å². The summed E-state index contributed by atoms with van der Waals surface area (Å²) in [6.45, 7) is 1.85. The zero-order chi connectivity index (χ0) is 33.3. The fraction of sp³-hybridized carbons (Fsp3) is 0.0541. The average Bonchev–Trinajstić information content (AvgIpc) is 3.07. The van der Waals surface area contributed by atoms with E-state index in [0.29, 0.717) is 37.6 Å². The first kappa shape index (κ1) is 33.8. The van der Waals surface area contributed by atoms with Crippen LogP contribution in [0.25, 0.3) is 6.08 Å². The number of anilines is 2. The molecule has 0 spiro atoms. The monoisotopic (exact) mass is 699 g/mol. The highest BCUT2D eigenvalue weighted by molar-refractivity contribution is 8.00. The van der Waals surface area contributed by atoms with E-state index in [1.54, 1.807) is 84.9 Å². The van der Waals surface area contributed by atoms with Gasteiger partial charge in [-0.15, -0.1) is 11.8 Å². The van der Waals surface area contributed by atoms with Gasteiger partial charge < -0.3 is 16.0 Å². The van der Waals surface area contributed by atoms with Crippen molar-refractivity contribution in [3.63, 3.8) is 0 Å². The van der Waals surface area contributed by atoms with E-state index in [4.69, 9.17) is 34.8 Å². The lowest BCUT2D eigenvalue weighted by Crippen LogP contribution is -2.30. The summed E-state index contributed by atoms with van der Waals surface area (Å²) in [6.07, 6.45) is 1.44. The van der Waals surface area contributed by atoms with Crippen molar-refractivity contribution < 1.29 is 14.4 Å². The Labute approximate surface area is 292 Å². The third kappa shape index (κ3) is 8.84. The van der Waals surface area contributed by atoms with Crippen molar-refractivity contribution in [3.8, 4) is 0 Å². The number of hydrogen-bond acceptors (Lipinski definition) is 4. The van der Waals surface area contributed by atoms with Gasteiger partial charge in [0.2, 0.25) is 5.91 Å². The van der Waals surface area contributed by atoms with Gasteiger partial charge in [0.1, 0.15) is 10.9 Å². The highest BCUT2D eigenvalue weighted by atomic mass is 35.5. The van der Waals surface area contributed by atoms with Crippen molar-refractivity contribution >= 4 is 81.7 Å². The number of halogens is 3. The molecule has 0 aromatic heterocycles. The van der Waals surface area contributed by atoms with Crippen molar-refractivity contribution in [2.45, 2.75) is 17.1 Å². The first-order chi connectivity index (χ1) is 22.7. The Morgan fingerprint density at radius 1 is 0.702 bits per heavy atom. The average molecular weight is 701 g/mol. The molecule has 6 nitrogen and oxygen atoms in total. The highest BCUT2D eigenvalue weighted by Gasteiger charge is 2.24. The third-order valence-electron chi connectivity index (χ3n) is 7.03. The van der Waals surface area contributed by atoms with Gasteiger partial charge in [-0.1, -0.05) is 102 Å². The zero-order valence-corrected chi connectivity index (χ0v) is 28.1. The molecule has 0 aliphatic carbocycles. The molecule has 0 aliphatic heterocycles. The number of amides is 3. The van der Waals surface area contributed by atoms with Crippen LogP contribution >= 0.6 is 46.6 Å². The van der Waals surface area contributed by atoms with Gasteiger partial charge in [0.15, 0.2) is 0 Å². The molecule has 5 aromatic carbocycles. The van der Waals surface area contributed by atoms with Crippen molar-refractivity contribution in [2.24, 2.45) is 0 Å². The molecule has 0 aliphatic rings. The number of rotatable bonds is 10. The van der Waals surface area contributed by atoms with Gasteiger partial charge in [-0.05, 0) is 78.7 Å². The molecular formula is C37H28Cl3N3O3S. The van der Waals surface area contributed by atoms with Crippen molar-refractivity contribution in [1.29, 1.82) is 0 Å². The van der Waals surface area contributed by atoms with Gasteiger partial charge in [0, 0.05) is 42.5 Å². The lowest BCUT2D eigenvalue weighted by atomic mass is 10.1. The molecule has 3 N–H and O–H groups in total. The zero-order valence-electron chi connectivity index (χ0n) is 25.0. The van der Waals surface area contributed by atoms with Crippen molar-refractivity contribution in [1.82, 2.24) is 5.32 Å². The summed E-state index contributed by atoms with van der Waals surface area (Å²) in [5.41, 5.74) is 3.33. The minimum atomic E-state index is -0.622. The first-order valence-electron chi connectivity index (χ1n) is 14.4. The smallest absolute Gasteiger partial charge is 0.272 e. The Hall–Kier alpha value is -4.53.